The van der Waals surface area contributed by atoms with E-state index in [0.717, 1.165) is 17.7 Å². The van der Waals surface area contributed by atoms with E-state index in [0.29, 0.717) is 0 Å². The van der Waals surface area contributed by atoms with Gasteiger partial charge >= 0.3 is 0 Å². The van der Waals surface area contributed by atoms with Crippen LogP contribution in [0.4, 0.5) is 0 Å². The van der Waals surface area contributed by atoms with Gasteiger partial charge in [0.05, 0.1) is 5.71 Å². The molecule has 0 aliphatic rings. The van der Waals surface area contributed by atoms with E-state index in [1.165, 1.54) is 5.56 Å². The lowest BCUT2D eigenvalue weighted by atomic mass is 10.0. The van der Waals surface area contributed by atoms with Crippen molar-refractivity contribution in [1.82, 2.24) is 4.98 Å². The summed E-state index contributed by atoms with van der Waals surface area (Å²) >= 11 is 0. The zero-order valence-electron chi connectivity index (χ0n) is 8.88. The van der Waals surface area contributed by atoms with E-state index in [2.05, 4.69) is 22.2 Å². The predicted octanol–water partition coefficient (Wildman–Crippen LogP) is 1.99. The third kappa shape index (κ3) is 2.45. The monoisotopic (exact) mass is 211 g/mol. The third-order valence-electron chi connectivity index (χ3n) is 2.38. The lowest BCUT2D eigenvalue weighted by Crippen LogP contribution is -2.08. The van der Waals surface area contributed by atoms with Crippen LogP contribution in [0.25, 0.3) is 0 Å². The number of hydrazone groups is 1. The van der Waals surface area contributed by atoms with Gasteiger partial charge in [-0.1, -0.05) is 30.3 Å². The van der Waals surface area contributed by atoms with Gasteiger partial charge in [-0.2, -0.15) is 5.10 Å². The molecule has 0 fully saturated rings. The molecule has 0 aliphatic carbocycles. The van der Waals surface area contributed by atoms with Crippen LogP contribution in [-0.2, 0) is 6.42 Å². The quantitative estimate of drug-likeness (QED) is 0.479. The first-order chi connectivity index (χ1) is 7.90. The van der Waals surface area contributed by atoms with Crippen LogP contribution in [0.15, 0.2) is 60.0 Å². The Morgan fingerprint density at radius 3 is 2.38 bits per heavy atom. The molecule has 1 heterocycles. The van der Waals surface area contributed by atoms with Crippen molar-refractivity contribution >= 4 is 5.71 Å². The highest BCUT2D eigenvalue weighted by Crippen LogP contribution is 2.07. The average Bonchev–Trinajstić information content (AvgIpc) is 2.38. The number of hydrogen-bond acceptors (Lipinski definition) is 3. The Labute approximate surface area is 94.6 Å². The highest BCUT2D eigenvalue weighted by atomic mass is 15.1. The Kier molecular flexibility index (Phi) is 3.28. The van der Waals surface area contributed by atoms with Crippen LogP contribution >= 0.6 is 0 Å². The summed E-state index contributed by atoms with van der Waals surface area (Å²) in [5, 5.41) is 3.84. The van der Waals surface area contributed by atoms with Crippen molar-refractivity contribution in [2.75, 3.05) is 0 Å². The predicted molar refractivity (Wildman–Crippen MR) is 65.1 cm³/mol. The fraction of sp³-hybridized carbons (Fsp3) is 0.0769. The molecule has 1 aromatic heterocycles. The topological polar surface area (TPSA) is 51.3 Å². The molecule has 0 radical (unpaired) electrons. The molecule has 16 heavy (non-hydrogen) atoms. The SMILES string of the molecule is NN=C(Cc1ccccc1)c1ccncc1. The molecule has 0 spiro atoms. The Hall–Kier alpha value is -2.16. The van der Waals surface area contributed by atoms with Crippen molar-refractivity contribution in [2.24, 2.45) is 10.9 Å². The standard InChI is InChI=1S/C13H13N3/c14-16-13(12-6-8-15-9-7-12)10-11-4-2-1-3-5-11/h1-9H,10,14H2. The van der Waals surface area contributed by atoms with Crippen molar-refractivity contribution < 1.29 is 0 Å². The van der Waals surface area contributed by atoms with E-state index >= 15 is 0 Å². The number of rotatable bonds is 3. The van der Waals surface area contributed by atoms with Gasteiger partial charge in [-0.05, 0) is 17.7 Å². The minimum absolute atomic E-state index is 0.737. The first-order valence-electron chi connectivity index (χ1n) is 5.11. The lowest BCUT2D eigenvalue weighted by molar-refractivity contribution is 1.18. The Morgan fingerprint density at radius 1 is 1.06 bits per heavy atom. The number of nitrogens with zero attached hydrogens (tertiary/aromatic N) is 2. The molecule has 0 bridgehead atoms. The molecule has 3 heteroatoms. The highest BCUT2D eigenvalue weighted by Gasteiger charge is 2.03. The fourth-order valence-corrected chi connectivity index (χ4v) is 1.56. The maximum absolute atomic E-state index is 5.42. The van der Waals surface area contributed by atoms with Crippen LogP contribution < -0.4 is 5.84 Å². The van der Waals surface area contributed by atoms with Crippen LogP contribution in [0.5, 0.6) is 0 Å². The summed E-state index contributed by atoms with van der Waals surface area (Å²) in [6, 6.07) is 14.0. The summed E-state index contributed by atoms with van der Waals surface area (Å²) in [5.41, 5.74) is 3.08. The van der Waals surface area contributed by atoms with E-state index in [9.17, 15) is 0 Å². The number of nitrogens with two attached hydrogens (primary N) is 1. The van der Waals surface area contributed by atoms with Gasteiger partial charge in [0.15, 0.2) is 0 Å². The van der Waals surface area contributed by atoms with Gasteiger partial charge in [0.2, 0.25) is 0 Å². The molecule has 3 nitrogen and oxygen atoms in total. The first-order valence-corrected chi connectivity index (χ1v) is 5.11. The van der Waals surface area contributed by atoms with Crippen LogP contribution in [0, 0.1) is 0 Å². The molecule has 2 aromatic rings. The van der Waals surface area contributed by atoms with Crippen molar-refractivity contribution in [1.29, 1.82) is 0 Å². The molecule has 0 atom stereocenters. The first kappa shape index (κ1) is 10.4. The smallest absolute Gasteiger partial charge is 0.0717 e. The summed E-state index contributed by atoms with van der Waals surface area (Å²) in [4.78, 5) is 3.97. The van der Waals surface area contributed by atoms with Crippen LogP contribution in [-0.4, -0.2) is 10.7 Å². The maximum Gasteiger partial charge on any atom is 0.0717 e. The van der Waals surface area contributed by atoms with Crippen molar-refractivity contribution in [3.63, 3.8) is 0 Å². The second-order valence-electron chi connectivity index (χ2n) is 3.47. The van der Waals surface area contributed by atoms with Crippen LogP contribution in [0.1, 0.15) is 11.1 Å². The molecule has 2 rings (SSSR count). The van der Waals surface area contributed by atoms with Gasteiger partial charge in [-0.25, -0.2) is 0 Å². The van der Waals surface area contributed by atoms with Gasteiger partial charge in [0.25, 0.3) is 0 Å². The van der Waals surface area contributed by atoms with Gasteiger partial charge in [0, 0.05) is 24.4 Å². The normalized spacial score (nSPS) is 11.4. The highest BCUT2D eigenvalue weighted by molar-refractivity contribution is 6.01. The second-order valence-corrected chi connectivity index (χ2v) is 3.47. The maximum atomic E-state index is 5.42. The molecule has 1 aromatic carbocycles. The summed E-state index contributed by atoms with van der Waals surface area (Å²) in [6.45, 7) is 0. The molecule has 0 aliphatic heterocycles. The second kappa shape index (κ2) is 5.07. The summed E-state index contributed by atoms with van der Waals surface area (Å²) in [7, 11) is 0. The van der Waals surface area contributed by atoms with Crippen molar-refractivity contribution in [3.05, 3.63) is 66.0 Å². The Balaban J connectivity index is 2.20. The molecule has 0 amide bonds. The van der Waals surface area contributed by atoms with E-state index < -0.39 is 0 Å². The van der Waals surface area contributed by atoms with E-state index in [-0.39, 0.29) is 0 Å². The van der Waals surface area contributed by atoms with Crippen LogP contribution in [0.2, 0.25) is 0 Å². The minimum Gasteiger partial charge on any atom is -0.323 e. The van der Waals surface area contributed by atoms with Gasteiger partial charge < -0.3 is 5.84 Å². The number of pyridine rings is 1. The molecule has 2 N–H and O–H groups in total. The zero-order chi connectivity index (χ0) is 11.2. The fourth-order valence-electron chi connectivity index (χ4n) is 1.56. The largest absolute Gasteiger partial charge is 0.323 e. The van der Waals surface area contributed by atoms with E-state index in [4.69, 9.17) is 5.84 Å². The number of aromatic nitrogens is 1. The average molecular weight is 211 g/mol. The molecular weight excluding hydrogens is 198 g/mol. The van der Waals surface area contributed by atoms with Crippen molar-refractivity contribution in [2.45, 2.75) is 6.42 Å². The Morgan fingerprint density at radius 2 is 1.75 bits per heavy atom. The third-order valence-corrected chi connectivity index (χ3v) is 2.38. The zero-order valence-corrected chi connectivity index (χ0v) is 8.88. The van der Waals surface area contributed by atoms with Crippen LogP contribution in [0.3, 0.4) is 0 Å². The lowest BCUT2D eigenvalue weighted by Gasteiger charge is -2.04. The minimum atomic E-state index is 0.737. The van der Waals surface area contributed by atoms with Gasteiger partial charge in [-0.15, -0.1) is 0 Å². The molecule has 80 valence electrons. The van der Waals surface area contributed by atoms with E-state index in [1.54, 1.807) is 12.4 Å². The van der Waals surface area contributed by atoms with Crippen molar-refractivity contribution in [3.8, 4) is 0 Å². The Bertz CT molecular complexity index is 463. The van der Waals surface area contributed by atoms with Gasteiger partial charge in [-0.3, -0.25) is 4.98 Å². The van der Waals surface area contributed by atoms with Gasteiger partial charge in [0.1, 0.15) is 0 Å². The summed E-state index contributed by atoms with van der Waals surface area (Å²) in [6.07, 6.45) is 4.22. The molecule has 0 unspecified atom stereocenters. The molecule has 0 saturated carbocycles. The summed E-state index contributed by atoms with van der Waals surface area (Å²) < 4.78 is 0. The summed E-state index contributed by atoms with van der Waals surface area (Å²) in [5.74, 6) is 5.42. The number of hydrogen-bond donors (Lipinski definition) is 1. The van der Waals surface area contributed by atoms with E-state index in [1.807, 2.05) is 30.3 Å². The number of benzene rings is 1. The molecule has 0 saturated heterocycles. The molecular formula is C13H13N3.